The van der Waals surface area contributed by atoms with E-state index in [4.69, 9.17) is 0 Å². The molecule has 1 unspecified atom stereocenters. The van der Waals surface area contributed by atoms with Crippen molar-refractivity contribution in [2.24, 2.45) is 0 Å². The molecule has 1 rings (SSSR count). The van der Waals surface area contributed by atoms with E-state index in [0.717, 1.165) is 24.3 Å². The van der Waals surface area contributed by atoms with Crippen LogP contribution in [0, 0.1) is 0 Å². The Kier molecular flexibility index (Phi) is 5.72. The SMILES string of the molecule is CSCCC(C)NC(=O)c1ccc(C(F)(F)F)cc1. The van der Waals surface area contributed by atoms with Gasteiger partial charge in [0.25, 0.3) is 5.91 Å². The van der Waals surface area contributed by atoms with Crippen LogP contribution in [0.4, 0.5) is 13.2 Å². The fraction of sp³-hybridized carbons (Fsp3) is 0.462. The zero-order chi connectivity index (χ0) is 14.5. The van der Waals surface area contributed by atoms with Gasteiger partial charge < -0.3 is 5.32 Å². The molecule has 1 amide bonds. The first-order chi connectivity index (χ1) is 8.84. The van der Waals surface area contributed by atoms with Gasteiger partial charge in [0.05, 0.1) is 5.56 Å². The van der Waals surface area contributed by atoms with Crippen LogP contribution in [0.1, 0.15) is 29.3 Å². The largest absolute Gasteiger partial charge is 0.416 e. The molecule has 0 aliphatic carbocycles. The highest BCUT2D eigenvalue weighted by atomic mass is 32.2. The fourth-order valence-corrected chi connectivity index (χ4v) is 2.07. The van der Waals surface area contributed by atoms with Crippen LogP contribution in [0.3, 0.4) is 0 Å². The molecule has 1 atom stereocenters. The average molecular weight is 291 g/mol. The second-order valence-corrected chi connectivity index (χ2v) is 5.22. The van der Waals surface area contributed by atoms with Crippen molar-refractivity contribution in [1.29, 1.82) is 0 Å². The molecular formula is C13H16F3NOS. The molecule has 0 bridgehead atoms. The molecule has 0 saturated carbocycles. The van der Waals surface area contributed by atoms with Crippen LogP contribution in [0.15, 0.2) is 24.3 Å². The van der Waals surface area contributed by atoms with Crippen molar-refractivity contribution < 1.29 is 18.0 Å². The lowest BCUT2D eigenvalue weighted by Crippen LogP contribution is -2.32. The Hall–Kier alpha value is -1.17. The average Bonchev–Trinajstić information content (AvgIpc) is 2.35. The van der Waals surface area contributed by atoms with E-state index in [1.807, 2.05) is 13.2 Å². The molecule has 1 aromatic carbocycles. The lowest BCUT2D eigenvalue weighted by atomic mass is 10.1. The summed E-state index contributed by atoms with van der Waals surface area (Å²) in [5.74, 6) is 0.580. The highest BCUT2D eigenvalue weighted by Gasteiger charge is 2.30. The quantitative estimate of drug-likeness (QED) is 0.898. The van der Waals surface area contributed by atoms with Crippen LogP contribution >= 0.6 is 11.8 Å². The minimum absolute atomic E-state index is 0.00208. The molecule has 0 spiro atoms. The van der Waals surface area contributed by atoms with E-state index in [0.29, 0.717) is 0 Å². The number of thioether (sulfide) groups is 1. The molecule has 0 aliphatic rings. The Labute approximate surface area is 114 Å². The van der Waals surface area contributed by atoms with E-state index < -0.39 is 11.7 Å². The maximum absolute atomic E-state index is 12.4. The molecule has 0 heterocycles. The van der Waals surface area contributed by atoms with Crippen LogP contribution in [-0.4, -0.2) is 24.0 Å². The Morgan fingerprint density at radius 1 is 1.32 bits per heavy atom. The predicted octanol–water partition coefficient (Wildman–Crippen LogP) is 3.58. The van der Waals surface area contributed by atoms with Crippen LogP contribution in [0.2, 0.25) is 0 Å². The first-order valence-electron chi connectivity index (χ1n) is 5.81. The third kappa shape index (κ3) is 5.14. The molecule has 6 heteroatoms. The maximum atomic E-state index is 12.4. The van der Waals surface area contributed by atoms with Gasteiger partial charge in [0.2, 0.25) is 0 Å². The molecule has 0 aliphatic heterocycles. The van der Waals surface area contributed by atoms with Gasteiger partial charge in [0.15, 0.2) is 0 Å². The molecule has 1 N–H and O–H groups in total. The number of carbonyl (C=O) groups is 1. The molecule has 106 valence electrons. The van der Waals surface area contributed by atoms with Gasteiger partial charge in [-0.25, -0.2) is 0 Å². The second-order valence-electron chi connectivity index (χ2n) is 4.23. The number of amides is 1. The number of rotatable bonds is 5. The zero-order valence-electron chi connectivity index (χ0n) is 10.8. The zero-order valence-corrected chi connectivity index (χ0v) is 11.6. The van der Waals surface area contributed by atoms with Crippen molar-refractivity contribution in [2.75, 3.05) is 12.0 Å². The summed E-state index contributed by atoms with van der Waals surface area (Å²) in [5, 5.41) is 2.76. The van der Waals surface area contributed by atoms with Gasteiger partial charge in [0, 0.05) is 11.6 Å². The van der Waals surface area contributed by atoms with E-state index in [1.165, 1.54) is 12.1 Å². The van der Waals surface area contributed by atoms with Gasteiger partial charge in [-0.2, -0.15) is 24.9 Å². The summed E-state index contributed by atoms with van der Waals surface area (Å²) in [5.41, 5.74) is -0.511. The van der Waals surface area contributed by atoms with E-state index in [2.05, 4.69) is 5.32 Å². The summed E-state index contributed by atoms with van der Waals surface area (Å²) in [4.78, 5) is 11.8. The molecular weight excluding hydrogens is 275 g/mol. The number of alkyl halides is 3. The standard InChI is InChI=1S/C13H16F3NOS/c1-9(7-8-19-2)17-12(18)10-3-5-11(6-4-10)13(14,15)16/h3-6,9H,7-8H2,1-2H3,(H,17,18). The topological polar surface area (TPSA) is 29.1 Å². The summed E-state index contributed by atoms with van der Waals surface area (Å²) in [6.45, 7) is 1.87. The van der Waals surface area contributed by atoms with E-state index in [1.54, 1.807) is 11.8 Å². The first kappa shape index (κ1) is 15.9. The third-order valence-electron chi connectivity index (χ3n) is 2.61. The Morgan fingerprint density at radius 3 is 2.37 bits per heavy atom. The van der Waals surface area contributed by atoms with E-state index >= 15 is 0 Å². The first-order valence-corrected chi connectivity index (χ1v) is 7.21. The normalized spacial score (nSPS) is 13.1. The van der Waals surface area contributed by atoms with Gasteiger partial charge in [-0.1, -0.05) is 0 Å². The van der Waals surface area contributed by atoms with Gasteiger partial charge in [0.1, 0.15) is 0 Å². The molecule has 1 aromatic rings. The summed E-state index contributed by atoms with van der Waals surface area (Å²) in [6.07, 6.45) is -1.57. The van der Waals surface area contributed by atoms with Gasteiger partial charge >= 0.3 is 6.18 Å². The molecule has 19 heavy (non-hydrogen) atoms. The number of benzene rings is 1. The van der Waals surface area contributed by atoms with Crippen molar-refractivity contribution in [2.45, 2.75) is 25.6 Å². The lowest BCUT2D eigenvalue weighted by molar-refractivity contribution is -0.137. The molecule has 0 aromatic heterocycles. The predicted molar refractivity (Wildman–Crippen MR) is 71.4 cm³/mol. The molecule has 2 nitrogen and oxygen atoms in total. The van der Waals surface area contributed by atoms with Crippen molar-refractivity contribution in [3.05, 3.63) is 35.4 Å². The van der Waals surface area contributed by atoms with E-state index in [9.17, 15) is 18.0 Å². The Bertz CT molecular complexity index is 417. The highest BCUT2D eigenvalue weighted by Crippen LogP contribution is 2.29. The summed E-state index contributed by atoms with van der Waals surface area (Å²) in [6, 6.07) is 4.23. The summed E-state index contributed by atoms with van der Waals surface area (Å²) in [7, 11) is 0. The molecule has 0 saturated heterocycles. The third-order valence-corrected chi connectivity index (χ3v) is 3.25. The van der Waals surface area contributed by atoms with Crippen molar-refractivity contribution in [1.82, 2.24) is 5.32 Å². The van der Waals surface area contributed by atoms with Gasteiger partial charge in [-0.05, 0) is 49.6 Å². The maximum Gasteiger partial charge on any atom is 0.416 e. The van der Waals surface area contributed by atoms with Crippen LogP contribution in [0.5, 0.6) is 0 Å². The fourth-order valence-electron chi connectivity index (χ4n) is 1.48. The van der Waals surface area contributed by atoms with Crippen molar-refractivity contribution in [3.63, 3.8) is 0 Å². The number of hydrogen-bond acceptors (Lipinski definition) is 2. The smallest absolute Gasteiger partial charge is 0.350 e. The minimum Gasteiger partial charge on any atom is -0.350 e. The van der Waals surface area contributed by atoms with Crippen molar-refractivity contribution >= 4 is 17.7 Å². The van der Waals surface area contributed by atoms with Gasteiger partial charge in [-0.3, -0.25) is 4.79 Å². The number of carbonyl (C=O) groups excluding carboxylic acids is 1. The monoisotopic (exact) mass is 291 g/mol. The van der Waals surface area contributed by atoms with Gasteiger partial charge in [-0.15, -0.1) is 0 Å². The summed E-state index contributed by atoms with van der Waals surface area (Å²) >= 11 is 1.68. The molecule has 0 fully saturated rings. The second kappa shape index (κ2) is 6.84. The van der Waals surface area contributed by atoms with Crippen LogP contribution < -0.4 is 5.32 Å². The van der Waals surface area contributed by atoms with Crippen LogP contribution in [-0.2, 0) is 6.18 Å². The number of nitrogens with one attached hydrogen (secondary N) is 1. The number of halogens is 3. The number of hydrogen-bond donors (Lipinski definition) is 1. The minimum atomic E-state index is -4.37. The van der Waals surface area contributed by atoms with E-state index in [-0.39, 0.29) is 17.5 Å². The lowest BCUT2D eigenvalue weighted by Gasteiger charge is -2.13. The molecule has 0 radical (unpaired) electrons. The highest BCUT2D eigenvalue weighted by molar-refractivity contribution is 7.98. The Morgan fingerprint density at radius 2 is 1.89 bits per heavy atom. The van der Waals surface area contributed by atoms with Crippen molar-refractivity contribution in [3.8, 4) is 0 Å². The Balaban J connectivity index is 2.63. The van der Waals surface area contributed by atoms with Crippen LogP contribution in [0.25, 0.3) is 0 Å². The summed E-state index contributed by atoms with van der Waals surface area (Å²) < 4.78 is 37.1.